The van der Waals surface area contributed by atoms with Crippen LogP contribution in [0.2, 0.25) is 0 Å². The molecule has 0 bridgehead atoms. The van der Waals surface area contributed by atoms with Crippen molar-refractivity contribution in [1.29, 1.82) is 0 Å². The van der Waals surface area contributed by atoms with Crippen molar-refractivity contribution in [3.8, 4) is 5.82 Å². The number of pyridine rings is 1. The van der Waals surface area contributed by atoms with E-state index in [1.165, 1.54) is 24.9 Å². The van der Waals surface area contributed by atoms with E-state index < -0.39 is 6.09 Å². The third kappa shape index (κ3) is 4.79. The average molecular weight is 385 g/mol. The Morgan fingerprint density at radius 3 is 2.63 bits per heavy atom. The van der Waals surface area contributed by atoms with Crippen LogP contribution in [-0.4, -0.2) is 27.5 Å². The van der Waals surface area contributed by atoms with Crippen molar-refractivity contribution in [2.24, 2.45) is 0 Å². The first-order chi connectivity index (χ1) is 12.9. The highest BCUT2D eigenvalue weighted by molar-refractivity contribution is 7.99. The van der Waals surface area contributed by atoms with Crippen LogP contribution in [0, 0.1) is 0 Å². The Kier molecular flexibility index (Phi) is 5.66. The number of nitrogens with one attached hydrogen (secondary N) is 1. The molecule has 8 heteroatoms. The number of ketones is 1. The zero-order valence-corrected chi connectivity index (χ0v) is 15.9. The topological polar surface area (TPSA) is 86.4 Å². The predicted octanol–water partition coefficient (Wildman–Crippen LogP) is 4.78. The summed E-state index contributed by atoms with van der Waals surface area (Å²) in [7, 11) is 0. The van der Waals surface area contributed by atoms with Gasteiger partial charge in [-0.1, -0.05) is 11.8 Å². The normalized spacial score (nSPS) is 10.8. The fraction of sp³-hybridized carbons (Fsp3) is 0.211. The van der Waals surface area contributed by atoms with Crippen molar-refractivity contribution in [2.45, 2.75) is 36.7 Å². The summed E-state index contributed by atoms with van der Waals surface area (Å²) >= 11 is 1.38. The summed E-state index contributed by atoms with van der Waals surface area (Å²) in [6, 6.07) is 7.22. The molecule has 0 radical (unpaired) electrons. The zero-order valence-electron chi connectivity index (χ0n) is 15.1. The van der Waals surface area contributed by atoms with Crippen LogP contribution in [0.5, 0.6) is 0 Å². The monoisotopic (exact) mass is 385 g/mol. The maximum atomic E-state index is 12.0. The quantitative estimate of drug-likeness (QED) is 0.615. The molecule has 0 fully saturated rings. The lowest BCUT2D eigenvalue weighted by molar-refractivity contribution is 0.101. The van der Waals surface area contributed by atoms with Crippen molar-refractivity contribution in [3.05, 3.63) is 54.7 Å². The number of aromatic nitrogens is 2. The predicted molar refractivity (Wildman–Crippen MR) is 102 cm³/mol. The average Bonchev–Trinajstić information content (AvgIpc) is 3.26. The van der Waals surface area contributed by atoms with Crippen LogP contribution in [0.3, 0.4) is 0 Å². The highest BCUT2D eigenvalue weighted by Crippen LogP contribution is 2.32. The number of hydrogen-bond acceptors (Lipinski definition) is 6. The molecule has 0 aliphatic heterocycles. The van der Waals surface area contributed by atoms with Crippen LogP contribution in [0.1, 0.15) is 31.1 Å². The van der Waals surface area contributed by atoms with Crippen LogP contribution >= 0.6 is 11.8 Å². The van der Waals surface area contributed by atoms with Gasteiger partial charge in [-0.2, -0.15) is 0 Å². The number of amides is 1. The number of nitrogens with zero attached hydrogens (tertiary/aromatic N) is 2. The molecule has 0 aliphatic carbocycles. The minimum absolute atomic E-state index is 0.0698. The van der Waals surface area contributed by atoms with Gasteiger partial charge < -0.3 is 13.7 Å². The Morgan fingerprint density at radius 1 is 1.22 bits per heavy atom. The summed E-state index contributed by atoms with van der Waals surface area (Å²) < 4.78 is 12.1. The molecule has 7 nitrogen and oxygen atoms in total. The molecular weight excluding hydrogens is 366 g/mol. The Hall–Kier alpha value is -3.00. The Morgan fingerprint density at radius 2 is 1.96 bits per heavy atom. The molecule has 0 saturated heterocycles. The van der Waals surface area contributed by atoms with Gasteiger partial charge in [0.25, 0.3) is 0 Å². The Bertz CT molecular complexity index is 948. The fourth-order valence-corrected chi connectivity index (χ4v) is 3.17. The van der Waals surface area contributed by atoms with Crippen LogP contribution in [-0.2, 0) is 4.74 Å². The molecule has 0 saturated carbocycles. The van der Waals surface area contributed by atoms with Crippen LogP contribution in [0.15, 0.2) is 63.3 Å². The summed E-state index contributed by atoms with van der Waals surface area (Å²) in [5.41, 5.74) is 0.526. The van der Waals surface area contributed by atoms with Crippen LogP contribution in [0.25, 0.3) is 5.82 Å². The molecule has 0 atom stereocenters. The molecule has 1 N–H and O–H groups in total. The molecule has 0 unspecified atom stereocenters. The fourth-order valence-electron chi connectivity index (χ4n) is 2.35. The molecule has 3 heterocycles. The molecular formula is C19H19N3O4S. The van der Waals surface area contributed by atoms with E-state index in [2.05, 4.69) is 10.3 Å². The van der Waals surface area contributed by atoms with Gasteiger partial charge in [-0.05, 0) is 39.0 Å². The van der Waals surface area contributed by atoms with Gasteiger partial charge in [0.1, 0.15) is 12.1 Å². The number of rotatable bonds is 6. The van der Waals surface area contributed by atoms with E-state index in [0.717, 1.165) is 9.79 Å². The standard InChI is InChI=1S/C19H19N3O4S/c1-12(2)26-19(24)21-17-9-15(11-25-17)27-14-8-16(13(3)23)18(20-10-14)22-6-4-5-7-22/h4-12H,1-3H3,(H,21,24). The second-order valence-corrected chi connectivity index (χ2v) is 7.16. The largest absolute Gasteiger partial charge is 0.447 e. The highest BCUT2D eigenvalue weighted by atomic mass is 32.2. The lowest BCUT2D eigenvalue weighted by atomic mass is 10.2. The van der Waals surface area contributed by atoms with Gasteiger partial charge in [-0.3, -0.25) is 10.1 Å². The molecule has 1 amide bonds. The number of ether oxygens (including phenoxy) is 1. The van der Waals surface area contributed by atoms with E-state index in [4.69, 9.17) is 9.15 Å². The third-order valence-electron chi connectivity index (χ3n) is 3.45. The van der Waals surface area contributed by atoms with E-state index in [1.54, 1.807) is 36.7 Å². The second-order valence-electron chi connectivity index (χ2n) is 6.02. The molecule has 3 aromatic rings. The number of Topliss-reactive ketones (excluding diaryl/α,β-unsaturated/α-hetero) is 1. The minimum Gasteiger partial charge on any atom is -0.447 e. The summed E-state index contributed by atoms with van der Waals surface area (Å²) in [5, 5.41) is 2.52. The molecule has 140 valence electrons. The zero-order chi connectivity index (χ0) is 19.4. The Labute approximate surface area is 160 Å². The van der Waals surface area contributed by atoms with E-state index in [-0.39, 0.29) is 17.8 Å². The van der Waals surface area contributed by atoms with Gasteiger partial charge in [0, 0.05) is 29.6 Å². The molecule has 3 rings (SSSR count). The molecule has 0 aliphatic rings. The molecule has 0 aromatic carbocycles. The van der Waals surface area contributed by atoms with Crippen molar-refractivity contribution < 1.29 is 18.7 Å². The summed E-state index contributed by atoms with van der Waals surface area (Å²) in [4.78, 5) is 29.6. The summed E-state index contributed by atoms with van der Waals surface area (Å²) in [6.45, 7) is 5.04. The van der Waals surface area contributed by atoms with E-state index in [1.807, 2.05) is 24.5 Å². The number of hydrogen-bond donors (Lipinski definition) is 1. The van der Waals surface area contributed by atoms with Crippen LogP contribution < -0.4 is 5.32 Å². The highest BCUT2D eigenvalue weighted by Gasteiger charge is 2.14. The first-order valence-electron chi connectivity index (χ1n) is 8.30. The van der Waals surface area contributed by atoms with Gasteiger partial charge in [-0.25, -0.2) is 9.78 Å². The van der Waals surface area contributed by atoms with E-state index in [0.29, 0.717) is 11.4 Å². The smallest absolute Gasteiger partial charge is 0.414 e. The number of anilines is 1. The summed E-state index contributed by atoms with van der Waals surface area (Å²) in [6.07, 6.45) is 6.09. The first kappa shape index (κ1) is 18.8. The van der Waals surface area contributed by atoms with Crippen molar-refractivity contribution in [2.75, 3.05) is 5.32 Å². The summed E-state index contributed by atoms with van der Waals surface area (Å²) in [5.74, 6) is 0.800. The van der Waals surface area contributed by atoms with Gasteiger partial charge in [-0.15, -0.1) is 0 Å². The van der Waals surface area contributed by atoms with Crippen molar-refractivity contribution in [1.82, 2.24) is 9.55 Å². The maximum Gasteiger partial charge on any atom is 0.414 e. The minimum atomic E-state index is -0.576. The van der Waals surface area contributed by atoms with E-state index in [9.17, 15) is 9.59 Å². The molecule has 0 spiro atoms. The molecule has 27 heavy (non-hydrogen) atoms. The third-order valence-corrected chi connectivity index (χ3v) is 4.36. The number of furan rings is 1. The lowest BCUT2D eigenvalue weighted by Crippen LogP contribution is -2.17. The second kappa shape index (κ2) is 8.13. The van der Waals surface area contributed by atoms with Gasteiger partial charge >= 0.3 is 6.09 Å². The maximum absolute atomic E-state index is 12.0. The van der Waals surface area contributed by atoms with Gasteiger partial charge in [0.05, 0.1) is 16.6 Å². The number of carbonyl (C=O) groups is 2. The van der Waals surface area contributed by atoms with Crippen molar-refractivity contribution >= 4 is 29.5 Å². The van der Waals surface area contributed by atoms with E-state index >= 15 is 0 Å². The SMILES string of the molecule is CC(=O)c1cc(Sc2coc(NC(=O)OC(C)C)c2)cnc1-n1cccc1. The van der Waals surface area contributed by atoms with Crippen molar-refractivity contribution in [3.63, 3.8) is 0 Å². The lowest BCUT2D eigenvalue weighted by Gasteiger charge is -2.09. The van der Waals surface area contributed by atoms with Gasteiger partial charge in [0.2, 0.25) is 5.88 Å². The first-order valence-corrected chi connectivity index (χ1v) is 9.12. The Balaban J connectivity index is 1.75. The molecule has 3 aromatic heterocycles. The number of carbonyl (C=O) groups excluding carboxylic acids is 2. The van der Waals surface area contributed by atoms with Crippen LogP contribution in [0.4, 0.5) is 10.7 Å². The van der Waals surface area contributed by atoms with Gasteiger partial charge in [0.15, 0.2) is 5.78 Å².